The second-order valence-corrected chi connectivity index (χ2v) is 6.45. The predicted octanol–water partition coefficient (Wildman–Crippen LogP) is 1.56. The van der Waals surface area contributed by atoms with Crippen LogP contribution in [0, 0.1) is 0 Å². The fourth-order valence-corrected chi connectivity index (χ4v) is 3.26. The number of nitrogens with one attached hydrogen (secondary N) is 1. The van der Waals surface area contributed by atoms with Gasteiger partial charge in [0.25, 0.3) is 0 Å². The second kappa shape index (κ2) is 7.56. The molecule has 2 fully saturated rings. The first-order valence-corrected chi connectivity index (χ1v) is 8.35. The molecule has 0 saturated carbocycles. The molecule has 0 aliphatic carbocycles. The third-order valence-electron chi connectivity index (χ3n) is 4.74. The molecule has 122 valence electrons. The number of rotatable bonds is 6. The van der Waals surface area contributed by atoms with E-state index in [2.05, 4.69) is 24.1 Å². The fraction of sp³-hybridized carbons (Fsp3) is 0.938. The zero-order valence-electron chi connectivity index (χ0n) is 13.7. The Morgan fingerprint density at radius 2 is 2.14 bits per heavy atom. The van der Waals surface area contributed by atoms with E-state index >= 15 is 0 Å². The fourth-order valence-electron chi connectivity index (χ4n) is 3.26. The molecule has 0 bridgehead atoms. The maximum Gasteiger partial charge on any atom is 0.326 e. The number of likely N-dealkylation sites (tertiary alicyclic amines) is 1. The Balaban J connectivity index is 1.96. The summed E-state index contributed by atoms with van der Waals surface area (Å²) < 4.78 is 11.0. The van der Waals surface area contributed by atoms with E-state index in [0.29, 0.717) is 12.6 Å². The quantitative estimate of drug-likeness (QED) is 0.754. The maximum absolute atomic E-state index is 12.5. The lowest BCUT2D eigenvalue weighted by Crippen LogP contribution is -2.60. The van der Waals surface area contributed by atoms with Gasteiger partial charge in [0.15, 0.2) is 0 Å². The Hall–Kier alpha value is -0.650. The van der Waals surface area contributed by atoms with Crippen molar-refractivity contribution in [2.45, 2.75) is 64.1 Å². The molecule has 0 aromatic rings. The van der Waals surface area contributed by atoms with Crippen molar-refractivity contribution in [2.75, 3.05) is 32.8 Å². The molecule has 0 aromatic heterocycles. The van der Waals surface area contributed by atoms with Gasteiger partial charge in [0.2, 0.25) is 0 Å². The minimum Gasteiger partial charge on any atom is -0.465 e. The van der Waals surface area contributed by atoms with E-state index < -0.39 is 5.54 Å². The normalized spacial score (nSPS) is 26.2. The molecule has 0 aromatic carbocycles. The first kappa shape index (κ1) is 16.7. The van der Waals surface area contributed by atoms with E-state index in [0.717, 1.165) is 51.9 Å². The van der Waals surface area contributed by atoms with Crippen molar-refractivity contribution in [1.82, 2.24) is 10.2 Å². The maximum atomic E-state index is 12.5. The van der Waals surface area contributed by atoms with Crippen LogP contribution in [-0.4, -0.2) is 61.4 Å². The van der Waals surface area contributed by atoms with Gasteiger partial charge >= 0.3 is 5.97 Å². The molecule has 0 amide bonds. The van der Waals surface area contributed by atoms with Gasteiger partial charge in [-0.15, -0.1) is 0 Å². The highest BCUT2D eigenvalue weighted by Gasteiger charge is 2.43. The molecular formula is C16H30N2O3. The summed E-state index contributed by atoms with van der Waals surface area (Å²) in [6.07, 6.45) is 4.09. The van der Waals surface area contributed by atoms with E-state index in [9.17, 15) is 4.79 Å². The van der Waals surface area contributed by atoms with Crippen LogP contribution in [0.25, 0.3) is 0 Å². The highest BCUT2D eigenvalue weighted by atomic mass is 16.5. The van der Waals surface area contributed by atoms with Gasteiger partial charge in [-0.25, -0.2) is 0 Å². The van der Waals surface area contributed by atoms with E-state index in [-0.39, 0.29) is 12.1 Å². The van der Waals surface area contributed by atoms with E-state index in [1.54, 1.807) is 0 Å². The minimum absolute atomic E-state index is 0.0913. The van der Waals surface area contributed by atoms with Gasteiger partial charge in [-0.05, 0) is 46.5 Å². The summed E-state index contributed by atoms with van der Waals surface area (Å²) >= 11 is 0. The smallest absolute Gasteiger partial charge is 0.326 e. The van der Waals surface area contributed by atoms with Crippen LogP contribution in [0.4, 0.5) is 0 Å². The molecule has 2 saturated heterocycles. The Morgan fingerprint density at radius 1 is 1.43 bits per heavy atom. The zero-order valence-corrected chi connectivity index (χ0v) is 13.7. The number of nitrogens with zero attached hydrogens (tertiary/aromatic N) is 1. The van der Waals surface area contributed by atoms with Crippen LogP contribution < -0.4 is 5.32 Å². The summed E-state index contributed by atoms with van der Waals surface area (Å²) in [5.74, 6) is -0.0913. The lowest BCUT2D eigenvalue weighted by Gasteiger charge is -2.42. The van der Waals surface area contributed by atoms with Crippen LogP contribution in [0.15, 0.2) is 0 Å². The van der Waals surface area contributed by atoms with Crippen LogP contribution in [0.1, 0.15) is 46.5 Å². The Kier molecular flexibility index (Phi) is 6.02. The van der Waals surface area contributed by atoms with Crippen LogP contribution in [0.5, 0.6) is 0 Å². The molecule has 1 unspecified atom stereocenters. The Bertz CT molecular complexity index is 332. The predicted molar refractivity (Wildman–Crippen MR) is 82.3 cm³/mol. The summed E-state index contributed by atoms with van der Waals surface area (Å²) in [5.41, 5.74) is -0.520. The molecule has 1 N–H and O–H groups in total. The lowest BCUT2D eigenvalue weighted by molar-refractivity contribution is -0.154. The number of carbonyl (C=O) groups excluding carboxylic acids is 1. The van der Waals surface area contributed by atoms with E-state index in [1.165, 1.54) is 0 Å². The topological polar surface area (TPSA) is 50.8 Å². The molecule has 0 spiro atoms. The van der Waals surface area contributed by atoms with Crippen molar-refractivity contribution in [3.8, 4) is 0 Å². The lowest BCUT2D eigenvalue weighted by atomic mass is 9.86. The van der Waals surface area contributed by atoms with Crippen molar-refractivity contribution >= 4 is 5.97 Å². The van der Waals surface area contributed by atoms with Crippen LogP contribution in [0.2, 0.25) is 0 Å². The van der Waals surface area contributed by atoms with Gasteiger partial charge in [0, 0.05) is 32.3 Å². The van der Waals surface area contributed by atoms with Crippen LogP contribution in [-0.2, 0) is 14.3 Å². The number of ether oxygens (including phenoxy) is 2. The highest BCUT2D eigenvalue weighted by Crippen LogP contribution is 2.26. The summed E-state index contributed by atoms with van der Waals surface area (Å²) in [7, 11) is 0. The molecule has 0 radical (unpaired) electrons. The standard InChI is InChI=1S/C16H30N2O3/c1-4-20-15(19)16(17-12-14-6-5-11-21-14)7-9-18(10-8-16)13(2)3/h13-14,17H,4-12H2,1-3H3. The van der Waals surface area contributed by atoms with Gasteiger partial charge < -0.3 is 14.4 Å². The third-order valence-corrected chi connectivity index (χ3v) is 4.74. The number of piperidine rings is 1. The minimum atomic E-state index is -0.520. The van der Waals surface area contributed by atoms with E-state index in [1.807, 2.05) is 6.92 Å². The van der Waals surface area contributed by atoms with Crippen molar-refractivity contribution in [2.24, 2.45) is 0 Å². The highest BCUT2D eigenvalue weighted by molar-refractivity contribution is 5.81. The van der Waals surface area contributed by atoms with Gasteiger partial charge in [-0.2, -0.15) is 0 Å². The summed E-state index contributed by atoms with van der Waals surface area (Å²) in [6.45, 7) is 10.2. The van der Waals surface area contributed by atoms with Crippen molar-refractivity contribution < 1.29 is 14.3 Å². The van der Waals surface area contributed by atoms with Gasteiger partial charge in [-0.3, -0.25) is 10.1 Å². The summed E-state index contributed by atoms with van der Waals surface area (Å²) in [5, 5.41) is 3.49. The monoisotopic (exact) mass is 298 g/mol. The van der Waals surface area contributed by atoms with E-state index in [4.69, 9.17) is 9.47 Å². The SMILES string of the molecule is CCOC(=O)C1(NCC2CCCO2)CCN(C(C)C)CC1. The molecule has 1 atom stereocenters. The largest absolute Gasteiger partial charge is 0.465 e. The Labute approximate surface area is 128 Å². The first-order valence-electron chi connectivity index (χ1n) is 8.35. The number of esters is 1. The molecule has 21 heavy (non-hydrogen) atoms. The third kappa shape index (κ3) is 4.18. The zero-order chi connectivity index (χ0) is 15.3. The van der Waals surface area contributed by atoms with Crippen LogP contribution >= 0.6 is 0 Å². The van der Waals surface area contributed by atoms with Crippen molar-refractivity contribution in [3.05, 3.63) is 0 Å². The molecule has 2 aliphatic heterocycles. The average Bonchev–Trinajstić information content (AvgIpc) is 2.99. The molecule has 5 nitrogen and oxygen atoms in total. The average molecular weight is 298 g/mol. The second-order valence-electron chi connectivity index (χ2n) is 6.45. The summed E-state index contributed by atoms with van der Waals surface area (Å²) in [6, 6.07) is 0.531. The van der Waals surface area contributed by atoms with Crippen molar-refractivity contribution in [1.29, 1.82) is 0 Å². The van der Waals surface area contributed by atoms with Crippen LogP contribution in [0.3, 0.4) is 0 Å². The number of carbonyl (C=O) groups is 1. The number of hydrogen-bond donors (Lipinski definition) is 1. The van der Waals surface area contributed by atoms with Gasteiger partial charge in [0.05, 0.1) is 12.7 Å². The molecule has 2 heterocycles. The van der Waals surface area contributed by atoms with Gasteiger partial charge in [-0.1, -0.05) is 0 Å². The van der Waals surface area contributed by atoms with Crippen molar-refractivity contribution in [3.63, 3.8) is 0 Å². The summed E-state index contributed by atoms with van der Waals surface area (Å²) in [4.78, 5) is 14.9. The van der Waals surface area contributed by atoms with Gasteiger partial charge in [0.1, 0.15) is 5.54 Å². The number of hydrogen-bond acceptors (Lipinski definition) is 5. The molecular weight excluding hydrogens is 268 g/mol. The molecule has 2 aliphatic rings. The molecule has 2 rings (SSSR count). The molecule has 5 heteroatoms. The Morgan fingerprint density at radius 3 is 2.67 bits per heavy atom. The first-order chi connectivity index (χ1) is 10.1.